The summed E-state index contributed by atoms with van der Waals surface area (Å²) in [5, 5.41) is 7.97. The first-order chi connectivity index (χ1) is 9.91. The monoisotopic (exact) mass is 324 g/mol. The molecule has 3 aromatic rings. The number of aromatic nitrogens is 4. The summed E-state index contributed by atoms with van der Waals surface area (Å²) in [4.78, 5) is 24.2. The Bertz CT molecular complexity index is 984. The van der Waals surface area contributed by atoms with Crippen LogP contribution in [-0.4, -0.2) is 19.3 Å². The lowest BCUT2D eigenvalue weighted by atomic mass is 10.1. The van der Waals surface area contributed by atoms with Gasteiger partial charge in [0.2, 0.25) is 0 Å². The Morgan fingerprint density at radius 3 is 2.48 bits per heavy atom. The summed E-state index contributed by atoms with van der Waals surface area (Å²) >= 11 is 11.9. The van der Waals surface area contributed by atoms with Crippen molar-refractivity contribution in [2.24, 2.45) is 14.1 Å². The van der Waals surface area contributed by atoms with Crippen molar-refractivity contribution in [1.29, 1.82) is 0 Å². The Kier molecular flexibility index (Phi) is 3.15. The summed E-state index contributed by atoms with van der Waals surface area (Å²) in [5.74, 6) is 0. The minimum Gasteiger partial charge on any atom is -0.279 e. The maximum atomic E-state index is 12.3. The lowest BCUT2D eigenvalue weighted by Gasteiger charge is -2.04. The van der Waals surface area contributed by atoms with Gasteiger partial charge < -0.3 is 0 Å². The molecule has 1 N–H and O–H groups in total. The number of aromatic amines is 1. The van der Waals surface area contributed by atoms with E-state index in [1.807, 2.05) is 0 Å². The van der Waals surface area contributed by atoms with Gasteiger partial charge in [0.1, 0.15) is 5.39 Å². The van der Waals surface area contributed by atoms with E-state index in [9.17, 15) is 9.59 Å². The van der Waals surface area contributed by atoms with Gasteiger partial charge in [-0.2, -0.15) is 5.10 Å². The highest BCUT2D eigenvalue weighted by molar-refractivity contribution is 6.42. The Labute approximate surface area is 128 Å². The van der Waals surface area contributed by atoms with Gasteiger partial charge in [-0.05, 0) is 12.1 Å². The quantitative estimate of drug-likeness (QED) is 0.743. The Hall–Kier alpha value is -2.05. The molecule has 0 aliphatic heterocycles. The number of H-pyrrole nitrogens is 1. The molecule has 0 saturated carbocycles. The number of nitrogens with one attached hydrogen (secondary N) is 1. The van der Waals surface area contributed by atoms with Crippen LogP contribution in [0, 0.1) is 0 Å². The van der Waals surface area contributed by atoms with Crippen LogP contribution in [0.25, 0.3) is 22.3 Å². The Balaban J connectivity index is 2.43. The second-order valence-electron chi connectivity index (χ2n) is 4.63. The molecule has 2 aromatic heterocycles. The lowest BCUT2D eigenvalue weighted by Crippen LogP contribution is -2.36. The van der Waals surface area contributed by atoms with Crippen LogP contribution in [0.5, 0.6) is 0 Å². The molecule has 6 nitrogen and oxygen atoms in total. The molecule has 0 radical (unpaired) electrons. The molecule has 0 unspecified atom stereocenters. The number of benzene rings is 1. The van der Waals surface area contributed by atoms with Gasteiger partial charge in [0.25, 0.3) is 5.56 Å². The zero-order valence-corrected chi connectivity index (χ0v) is 12.7. The number of nitrogens with zero attached hydrogens (tertiary/aromatic N) is 3. The van der Waals surface area contributed by atoms with Crippen molar-refractivity contribution in [2.75, 3.05) is 0 Å². The molecule has 0 bridgehead atoms. The summed E-state index contributed by atoms with van der Waals surface area (Å²) in [7, 11) is 2.99. The van der Waals surface area contributed by atoms with Gasteiger partial charge in [0.15, 0.2) is 5.65 Å². The zero-order chi connectivity index (χ0) is 15.3. The van der Waals surface area contributed by atoms with Gasteiger partial charge in [-0.3, -0.25) is 19.0 Å². The van der Waals surface area contributed by atoms with Crippen LogP contribution in [0.3, 0.4) is 0 Å². The molecule has 0 fully saturated rings. The van der Waals surface area contributed by atoms with Crippen molar-refractivity contribution in [2.45, 2.75) is 0 Å². The van der Waals surface area contributed by atoms with Crippen molar-refractivity contribution < 1.29 is 0 Å². The highest BCUT2D eigenvalue weighted by atomic mass is 35.5. The van der Waals surface area contributed by atoms with Crippen LogP contribution in [0.2, 0.25) is 10.0 Å². The maximum Gasteiger partial charge on any atom is 0.332 e. The molecule has 3 rings (SSSR count). The second kappa shape index (κ2) is 4.75. The molecule has 0 spiro atoms. The number of halogens is 2. The number of fused-ring (bicyclic) bond motifs is 1. The van der Waals surface area contributed by atoms with Gasteiger partial charge in [0, 0.05) is 19.7 Å². The van der Waals surface area contributed by atoms with Gasteiger partial charge in [0.05, 0.1) is 15.7 Å². The Morgan fingerprint density at radius 1 is 1.10 bits per heavy atom. The average molecular weight is 325 g/mol. The highest BCUT2D eigenvalue weighted by Gasteiger charge is 2.17. The van der Waals surface area contributed by atoms with E-state index in [-0.39, 0.29) is 0 Å². The molecule has 0 amide bonds. The molecule has 8 heteroatoms. The normalized spacial score (nSPS) is 11.2. The van der Waals surface area contributed by atoms with Crippen LogP contribution in [0.1, 0.15) is 0 Å². The van der Waals surface area contributed by atoms with Crippen molar-refractivity contribution in [3.63, 3.8) is 0 Å². The largest absolute Gasteiger partial charge is 0.332 e. The minimum absolute atomic E-state index is 0.296. The third-order valence-electron chi connectivity index (χ3n) is 3.37. The van der Waals surface area contributed by atoms with Gasteiger partial charge in [-0.25, -0.2) is 4.79 Å². The summed E-state index contributed by atoms with van der Waals surface area (Å²) in [6, 6.07) is 5.01. The fourth-order valence-electron chi connectivity index (χ4n) is 2.21. The minimum atomic E-state index is -0.431. The molecule has 0 saturated heterocycles. The topological polar surface area (TPSA) is 72.7 Å². The van der Waals surface area contributed by atoms with E-state index in [2.05, 4.69) is 10.2 Å². The molecule has 0 aliphatic rings. The first-order valence-electron chi connectivity index (χ1n) is 6.01. The molecule has 108 valence electrons. The van der Waals surface area contributed by atoms with Crippen LogP contribution < -0.4 is 11.2 Å². The van der Waals surface area contributed by atoms with Crippen molar-refractivity contribution in [1.82, 2.24) is 19.3 Å². The van der Waals surface area contributed by atoms with Crippen LogP contribution in [-0.2, 0) is 14.1 Å². The van der Waals surface area contributed by atoms with E-state index < -0.39 is 11.2 Å². The van der Waals surface area contributed by atoms with Crippen molar-refractivity contribution in [3.8, 4) is 11.3 Å². The number of hydrogen-bond donors (Lipinski definition) is 1. The second-order valence-corrected chi connectivity index (χ2v) is 5.45. The molecular weight excluding hydrogens is 315 g/mol. The fraction of sp³-hybridized carbons (Fsp3) is 0.154. The number of aryl methyl sites for hydroxylation is 1. The first kappa shape index (κ1) is 13.9. The first-order valence-corrected chi connectivity index (χ1v) is 6.77. The van der Waals surface area contributed by atoms with Crippen molar-refractivity contribution in [3.05, 3.63) is 49.1 Å². The summed E-state index contributed by atoms with van der Waals surface area (Å²) in [6.45, 7) is 0. The molecule has 2 heterocycles. The lowest BCUT2D eigenvalue weighted by molar-refractivity contribution is 0.708. The summed E-state index contributed by atoms with van der Waals surface area (Å²) < 4.78 is 2.35. The zero-order valence-electron chi connectivity index (χ0n) is 11.1. The summed E-state index contributed by atoms with van der Waals surface area (Å²) in [5.41, 5.74) is 0.620. The van der Waals surface area contributed by atoms with Gasteiger partial charge >= 0.3 is 5.69 Å². The standard InChI is InChI=1S/C13H10Cl2N4O2/c1-18-11-9(12(20)19(2)13(18)21)10(16-17-11)6-3-4-7(14)8(15)5-6/h3-5H,1-2H3,(H,16,17). The van der Waals surface area contributed by atoms with Crippen LogP contribution in [0.15, 0.2) is 27.8 Å². The molecule has 0 atom stereocenters. The molecule has 21 heavy (non-hydrogen) atoms. The summed E-state index contributed by atoms with van der Waals surface area (Å²) in [6.07, 6.45) is 0. The average Bonchev–Trinajstić information content (AvgIpc) is 2.90. The predicted octanol–water partition coefficient (Wildman–Crippen LogP) is 1.93. The highest BCUT2D eigenvalue weighted by Crippen LogP contribution is 2.29. The molecular formula is C13H10Cl2N4O2. The van der Waals surface area contributed by atoms with Crippen LogP contribution >= 0.6 is 23.2 Å². The Morgan fingerprint density at radius 2 is 1.81 bits per heavy atom. The fourth-order valence-corrected chi connectivity index (χ4v) is 2.51. The third kappa shape index (κ3) is 1.99. The van der Waals surface area contributed by atoms with E-state index in [1.54, 1.807) is 25.2 Å². The van der Waals surface area contributed by atoms with E-state index in [0.717, 1.165) is 4.57 Å². The van der Waals surface area contributed by atoms with E-state index in [4.69, 9.17) is 23.2 Å². The smallest absolute Gasteiger partial charge is 0.279 e. The SMILES string of the molecule is Cn1c(=O)c2c(-c3ccc(Cl)c(Cl)c3)[nH]nc2n(C)c1=O. The third-order valence-corrected chi connectivity index (χ3v) is 4.10. The van der Waals surface area contributed by atoms with Gasteiger partial charge in [-0.1, -0.05) is 29.3 Å². The molecule has 1 aromatic carbocycles. The van der Waals surface area contributed by atoms with Crippen LogP contribution in [0.4, 0.5) is 0 Å². The van der Waals surface area contributed by atoms with E-state index in [0.29, 0.717) is 32.3 Å². The number of rotatable bonds is 1. The van der Waals surface area contributed by atoms with E-state index >= 15 is 0 Å². The van der Waals surface area contributed by atoms with E-state index in [1.165, 1.54) is 11.6 Å². The predicted molar refractivity (Wildman–Crippen MR) is 82.0 cm³/mol. The maximum absolute atomic E-state index is 12.3. The number of hydrogen-bond acceptors (Lipinski definition) is 3. The van der Waals surface area contributed by atoms with Gasteiger partial charge in [-0.15, -0.1) is 0 Å². The molecule has 0 aliphatic carbocycles. The van der Waals surface area contributed by atoms with Crippen molar-refractivity contribution >= 4 is 34.2 Å².